The molecule has 2 unspecified atom stereocenters. The number of carboxylic acid groups (broad SMARTS) is 3. The van der Waals surface area contributed by atoms with Crippen molar-refractivity contribution in [3.63, 3.8) is 0 Å². The summed E-state index contributed by atoms with van der Waals surface area (Å²) in [5, 5.41) is 21.0. The molecule has 1 aromatic carbocycles. The van der Waals surface area contributed by atoms with Crippen molar-refractivity contribution >= 4 is 27.7 Å². The van der Waals surface area contributed by atoms with Crippen molar-refractivity contribution in [3.05, 3.63) is 78.1 Å². The summed E-state index contributed by atoms with van der Waals surface area (Å²) in [4.78, 5) is 37.3. The SMILES string of the molecule is O=C(O)C(F)(F)F.O=C(O)C(F)(F)F.O=C(O)C(F)(F)F.O=S1(=O)c2ccc(-c3ccc(F)nc3)cc2C2CN(Cc3ccccn3)CC21. The standard InChI is InChI=1S/C21H18FN3O2S.3C2HF3O2/c22-21-7-5-15(10-24-21)14-4-6-19-17(9-14)18-12-25(13-20(18)28(19,26)27)11-16-3-1-2-8-23-16;3*3-2(4,5)1(6)7/h1-10,18,20H,11-13H2;3*(H,6,7). The van der Waals surface area contributed by atoms with Crippen LogP contribution in [0.3, 0.4) is 0 Å². The van der Waals surface area contributed by atoms with E-state index in [1.54, 1.807) is 24.4 Å². The number of sulfone groups is 1. The number of pyridine rings is 2. The number of aliphatic carboxylic acids is 3. The molecule has 1 fully saturated rings. The van der Waals surface area contributed by atoms with Crippen LogP contribution < -0.4 is 0 Å². The molecular weight excluding hydrogens is 716 g/mol. The lowest BCUT2D eigenvalue weighted by Crippen LogP contribution is -2.26. The summed E-state index contributed by atoms with van der Waals surface area (Å²) in [5.74, 6) is -8.86. The molecule has 0 spiro atoms. The van der Waals surface area contributed by atoms with Gasteiger partial charge in [-0.1, -0.05) is 12.1 Å². The predicted molar refractivity (Wildman–Crippen MR) is 144 cm³/mol. The predicted octanol–water partition coefficient (Wildman–Crippen LogP) is 4.94. The summed E-state index contributed by atoms with van der Waals surface area (Å²) < 4.78 is 134. The number of aromatic nitrogens is 2. The molecule has 0 bridgehead atoms. The van der Waals surface area contributed by atoms with Crippen LogP contribution in [0.5, 0.6) is 0 Å². The number of nitrogens with zero attached hydrogens (tertiary/aromatic N) is 3. The molecular formula is C27H21F10N3O8S. The molecule has 4 heterocycles. The highest BCUT2D eigenvalue weighted by Crippen LogP contribution is 2.46. The fraction of sp³-hybridized carbons (Fsp3) is 0.296. The monoisotopic (exact) mass is 737 g/mol. The fourth-order valence-electron chi connectivity index (χ4n) is 4.30. The number of carboxylic acids is 3. The molecule has 5 rings (SSSR count). The highest BCUT2D eigenvalue weighted by Gasteiger charge is 2.50. The maximum Gasteiger partial charge on any atom is 0.490 e. The van der Waals surface area contributed by atoms with Crippen LogP contribution in [0.4, 0.5) is 43.9 Å². The fourth-order valence-corrected chi connectivity index (χ4v) is 6.50. The molecule has 0 amide bonds. The molecule has 2 atom stereocenters. The Morgan fingerprint density at radius 2 is 1.27 bits per heavy atom. The lowest BCUT2D eigenvalue weighted by molar-refractivity contribution is -0.193. The zero-order chi connectivity index (χ0) is 37.5. The molecule has 268 valence electrons. The van der Waals surface area contributed by atoms with Gasteiger partial charge in [0, 0.05) is 43.5 Å². The molecule has 0 saturated carbocycles. The number of hydrogen-bond acceptors (Lipinski definition) is 8. The van der Waals surface area contributed by atoms with Crippen LogP contribution in [-0.4, -0.2) is 93.4 Å². The zero-order valence-corrected chi connectivity index (χ0v) is 24.8. The average Bonchev–Trinajstić information content (AvgIpc) is 3.49. The number of halogens is 10. The number of rotatable bonds is 3. The van der Waals surface area contributed by atoms with Crippen molar-refractivity contribution in [1.82, 2.24) is 14.9 Å². The van der Waals surface area contributed by atoms with Crippen LogP contribution in [0, 0.1) is 5.95 Å². The van der Waals surface area contributed by atoms with Crippen molar-refractivity contribution in [2.75, 3.05) is 13.1 Å². The van der Waals surface area contributed by atoms with E-state index in [4.69, 9.17) is 29.7 Å². The number of fused-ring (bicyclic) bond motifs is 3. The van der Waals surface area contributed by atoms with Crippen molar-refractivity contribution in [1.29, 1.82) is 0 Å². The molecule has 3 N–H and O–H groups in total. The summed E-state index contributed by atoms with van der Waals surface area (Å²) in [6.45, 7) is 1.82. The van der Waals surface area contributed by atoms with Crippen molar-refractivity contribution < 1.29 is 82.0 Å². The number of benzene rings is 1. The number of likely N-dealkylation sites (tertiary alicyclic amines) is 1. The minimum absolute atomic E-state index is 0.0583. The van der Waals surface area contributed by atoms with Gasteiger partial charge < -0.3 is 15.3 Å². The quantitative estimate of drug-likeness (QED) is 0.245. The lowest BCUT2D eigenvalue weighted by Gasteiger charge is -2.17. The molecule has 2 aromatic heterocycles. The minimum Gasteiger partial charge on any atom is -0.475 e. The summed E-state index contributed by atoms with van der Waals surface area (Å²) in [6.07, 6.45) is -12.0. The molecule has 0 aliphatic carbocycles. The largest absolute Gasteiger partial charge is 0.490 e. The van der Waals surface area contributed by atoms with E-state index in [9.17, 15) is 52.3 Å². The smallest absolute Gasteiger partial charge is 0.475 e. The maximum atomic E-state index is 13.1. The van der Waals surface area contributed by atoms with E-state index in [1.165, 1.54) is 12.3 Å². The van der Waals surface area contributed by atoms with Gasteiger partial charge in [0.2, 0.25) is 5.95 Å². The Bertz CT molecular complexity index is 1680. The first-order chi connectivity index (χ1) is 22.4. The van der Waals surface area contributed by atoms with Crippen LogP contribution in [-0.2, 0) is 30.8 Å². The van der Waals surface area contributed by atoms with Crippen molar-refractivity contribution in [3.8, 4) is 11.1 Å². The summed E-state index contributed by atoms with van der Waals surface area (Å²) in [6, 6.07) is 14.1. The van der Waals surface area contributed by atoms with E-state index in [1.807, 2.05) is 24.3 Å². The highest BCUT2D eigenvalue weighted by molar-refractivity contribution is 7.92. The molecule has 2 aliphatic heterocycles. The second-order valence-corrected chi connectivity index (χ2v) is 11.9. The minimum atomic E-state index is -5.08. The molecule has 1 saturated heterocycles. The second-order valence-electron chi connectivity index (χ2n) is 9.74. The number of alkyl halides is 9. The van der Waals surface area contributed by atoms with Gasteiger partial charge in [-0.05, 0) is 47.5 Å². The van der Waals surface area contributed by atoms with Gasteiger partial charge in [0.05, 0.1) is 15.8 Å². The van der Waals surface area contributed by atoms with E-state index >= 15 is 0 Å². The Balaban J connectivity index is 0.000000325. The van der Waals surface area contributed by atoms with Gasteiger partial charge in [-0.15, -0.1) is 0 Å². The van der Waals surface area contributed by atoms with Gasteiger partial charge in [0.1, 0.15) is 0 Å². The Hall–Kier alpha value is -4.86. The third kappa shape index (κ3) is 11.4. The van der Waals surface area contributed by atoms with Gasteiger partial charge in [-0.2, -0.15) is 43.9 Å². The van der Waals surface area contributed by atoms with E-state index in [2.05, 4.69) is 14.9 Å². The first-order valence-electron chi connectivity index (χ1n) is 12.9. The van der Waals surface area contributed by atoms with E-state index in [0.717, 1.165) is 22.4 Å². The molecule has 2 aliphatic rings. The molecule has 3 aromatic rings. The van der Waals surface area contributed by atoms with Crippen molar-refractivity contribution in [2.45, 2.75) is 41.1 Å². The van der Waals surface area contributed by atoms with Crippen LogP contribution >= 0.6 is 0 Å². The van der Waals surface area contributed by atoms with Crippen LogP contribution in [0.15, 0.2) is 65.8 Å². The summed E-state index contributed by atoms with van der Waals surface area (Å²) >= 11 is 0. The Kier molecular flexibility index (Phi) is 12.8. The molecule has 22 heteroatoms. The van der Waals surface area contributed by atoms with Gasteiger partial charge in [-0.25, -0.2) is 27.8 Å². The van der Waals surface area contributed by atoms with Gasteiger partial charge >= 0.3 is 36.4 Å². The first-order valence-corrected chi connectivity index (χ1v) is 14.4. The third-order valence-electron chi connectivity index (χ3n) is 6.36. The second kappa shape index (κ2) is 15.6. The highest BCUT2D eigenvalue weighted by atomic mass is 32.2. The van der Waals surface area contributed by atoms with Gasteiger partial charge in [0.15, 0.2) is 9.84 Å². The van der Waals surface area contributed by atoms with Crippen LogP contribution in [0.1, 0.15) is 17.2 Å². The zero-order valence-electron chi connectivity index (χ0n) is 24.0. The maximum absolute atomic E-state index is 13.1. The molecule has 0 radical (unpaired) electrons. The Morgan fingerprint density at radius 3 is 1.69 bits per heavy atom. The average molecular weight is 738 g/mol. The molecule has 11 nitrogen and oxygen atoms in total. The Morgan fingerprint density at radius 1 is 0.755 bits per heavy atom. The van der Waals surface area contributed by atoms with E-state index in [0.29, 0.717) is 24.5 Å². The van der Waals surface area contributed by atoms with Gasteiger partial charge in [0.25, 0.3) is 0 Å². The number of hydrogen-bond donors (Lipinski definition) is 3. The topological polar surface area (TPSA) is 175 Å². The van der Waals surface area contributed by atoms with Crippen molar-refractivity contribution in [2.24, 2.45) is 0 Å². The van der Waals surface area contributed by atoms with Crippen LogP contribution in [0.25, 0.3) is 11.1 Å². The van der Waals surface area contributed by atoms with Gasteiger partial charge in [-0.3, -0.25) is 9.88 Å². The molecule has 49 heavy (non-hydrogen) atoms. The lowest BCUT2D eigenvalue weighted by atomic mass is 9.95. The van der Waals surface area contributed by atoms with E-state index in [-0.39, 0.29) is 5.92 Å². The summed E-state index contributed by atoms with van der Waals surface area (Å²) in [5.41, 5.74) is 3.42. The summed E-state index contributed by atoms with van der Waals surface area (Å²) in [7, 11) is -3.35. The Labute approximate surface area is 268 Å². The number of carbonyl (C=O) groups is 3. The third-order valence-corrected chi connectivity index (χ3v) is 8.62. The normalized spacial score (nSPS) is 17.8. The first kappa shape index (κ1) is 40.3. The van der Waals surface area contributed by atoms with E-state index < -0.39 is 57.5 Å². The van der Waals surface area contributed by atoms with Crippen LogP contribution in [0.2, 0.25) is 0 Å².